The molecule has 1 aromatic rings. The number of nitrogens with two attached hydrogens (primary N) is 1. The van der Waals surface area contributed by atoms with E-state index in [2.05, 4.69) is 4.98 Å². The summed E-state index contributed by atoms with van der Waals surface area (Å²) in [4.78, 5) is 15.1. The van der Waals surface area contributed by atoms with Crippen molar-refractivity contribution in [1.82, 2.24) is 10.4 Å². The molecule has 0 atom stereocenters. The van der Waals surface area contributed by atoms with Crippen molar-refractivity contribution in [2.45, 2.75) is 6.61 Å². The van der Waals surface area contributed by atoms with E-state index in [1.54, 1.807) is 0 Å². The number of aromatic nitrogens is 1. The Bertz CT molecular complexity index is 260. The smallest absolute Gasteiger partial charge is 0.285 e. The van der Waals surface area contributed by atoms with Crippen LogP contribution in [0.1, 0.15) is 15.4 Å². The van der Waals surface area contributed by atoms with Crippen LogP contribution in [-0.4, -0.2) is 16.0 Å². The molecule has 6 heteroatoms. The number of rotatable bonds is 2. The SMILES string of the molecule is NNC(=O)c1ncsc1CO. The van der Waals surface area contributed by atoms with Gasteiger partial charge < -0.3 is 5.11 Å². The van der Waals surface area contributed by atoms with E-state index in [4.69, 9.17) is 10.9 Å². The van der Waals surface area contributed by atoms with Crippen molar-refractivity contribution in [3.05, 3.63) is 16.1 Å². The molecule has 60 valence electrons. The van der Waals surface area contributed by atoms with Gasteiger partial charge in [0.05, 0.1) is 17.0 Å². The van der Waals surface area contributed by atoms with Crippen LogP contribution in [0.3, 0.4) is 0 Å². The number of aliphatic hydroxyl groups is 1. The van der Waals surface area contributed by atoms with Crippen LogP contribution >= 0.6 is 11.3 Å². The molecule has 4 N–H and O–H groups in total. The summed E-state index contributed by atoms with van der Waals surface area (Å²) in [6, 6.07) is 0. The van der Waals surface area contributed by atoms with Crippen molar-refractivity contribution in [2.24, 2.45) is 5.84 Å². The fourth-order valence-corrected chi connectivity index (χ4v) is 1.25. The molecule has 5 nitrogen and oxygen atoms in total. The fourth-order valence-electron chi connectivity index (χ4n) is 0.636. The molecular weight excluding hydrogens is 166 g/mol. The molecule has 11 heavy (non-hydrogen) atoms. The third-order valence-electron chi connectivity index (χ3n) is 1.13. The van der Waals surface area contributed by atoms with Crippen molar-refractivity contribution in [3.8, 4) is 0 Å². The summed E-state index contributed by atoms with van der Waals surface area (Å²) in [6.45, 7) is -0.187. The standard InChI is InChI=1S/C5H7N3O2S/c6-8-5(10)4-3(1-9)11-2-7-4/h2,9H,1,6H2,(H,8,10). The molecule has 0 saturated carbocycles. The third kappa shape index (κ3) is 1.53. The maximum Gasteiger partial charge on any atom is 0.285 e. The quantitative estimate of drug-likeness (QED) is 0.311. The zero-order valence-electron chi connectivity index (χ0n) is 5.57. The molecule has 1 amide bonds. The Morgan fingerprint density at radius 1 is 1.91 bits per heavy atom. The predicted octanol–water partition coefficient (Wildman–Crippen LogP) is -0.761. The van der Waals surface area contributed by atoms with E-state index in [1.165, 1.54) is 16.8 Å². The molecule has 0 aliphatic heterocycles. The molecule has 0 radical (unpaired) electrons. The van der Waals surface area contributed by atoms with Gasteiger partial charge in [-0.25, -0.2) is 10.8 Å². The van der Waals surface area contributed by atoms with E-state index in [-0.39, 0.29) is 12.3 Å². The minimum atomic E-state index is -0.477. The van der Waals surface area contributed by atoms with Gasteiger partial charge in [0, 0.05) is 0 Å². The number of nitrogens with zero attached hydrogens (tertiary/aromatic N) is 1. The fraction of sp³-hybridized carbons (Fsp3) is 0.200. The number of aliphatic hydroxyl groups excluding tert-OH is 1. The molecular formula is C5H7N3O2S. The van der Waals surface area contributed by atoms with Crippen molar-refractivity contribution in [3.63, 3.8) is 0 Å². The lowest BCUT2D eigenvalue weighted by Gasteiger charge is -1.95. The summed E-state index contributed by atoms with van der Waals surface area (Å²) in [5.74, 6) is 4.39. The minimum absolute atomic E-state index is 0.187. The molecule has 0 bridgehead atoms. The highest BCUT2D eigenvalue weighted by atomic mass is 32.1. The van der Waals surface area contributed by atoms with E-state index >= 15 is 0 Å². The van der Waals surface area contributed by atoms with Crippen molar-refractivity contribution >= 4 is 17.2 Å². The molecule has 0 unspecified atom stereocenters. The average molecular weight is 173 g/mol. The molecule has 0 fully saturated rings. The summed E-state index contributed by atoms with van der Waals surface area (Å²) in [5, 5.41) is 8.70. The van der Waals surface area contributed by atoms with Gasteiger partial charge >= 0.3 is 0 Å². The van der Waals surface area contributed by atoms with Crippen LogP contribution in [0.5, 0.6) is 0 Å². The van der Waals surface area contributed by atoms with Crippen LogP contribution in [0, 0.1) is 0 Å². The molecule has 0 aliphatic carbocycles. The Morgan fingerprint density at radius 3 is 3.18 bits per heavy atom. The number of carbonyl (C=O) groups is 1. The van der Waals surface area contributed by atoms with E-state index in [9.17, 15) is 4.79 Å². The van der Waals surface area contributed by atoms with Gasteiger partial charge in [-0.05, 0) is 0 Å². The van der Waals surface area contributed by atoms with Gasteiger partial charge in [-0.1, -0.05) is 0 Å². The lowest BCUT2D eigenvalue weighted by Crippen LogP contribution is -2.30. The second-order valence-corrected chi connectivity index (χ2v) is 2.70. The zero-order valence-corrected chi connectivity index (χ0v) is 6.39. The Hall–Kier alpha value is -0.980. The summed E-state index contributed by atoms with van der Waals surface area (Å²) < 4.78 is 0. The number of hydrazine groups is 1. The lowest BCUT2D eigenvalue weighted by molar-refractivity contribution is 0.0946. The van der Waals surface area contributed by atoms with Gasteiger partial charge in [-0.15, -0.1) is 11.3 Å². The maximum absolute atomic E-state index is 10.9. The predicted molar refractivity (Wildman–Crippen MR) is 39.7 cm³/mol. The highest BCUT2D eigenvalue weighted by Crippen LogP contribution is 2.12. The molecule has 1 aromatic heterocycles. The summed E-state index contributed by atoms with van der Waals surface area (Å²) in [6.07, 6.45) is 0. The zero-order chi connectivity index (χ0) is 8.27. The van der Waals surface area contributed by atoms with E-state index in [0.717, 1.165) is 0 Å². The maximum atomic E-state index is 10.9. The van der Waals surface area contributed by atoms with Gasteiger partial charge in [0.2, 0.25) is 0 Å². The van der Waals surface area contributed by atoms with Gasteiger partial charge in [0.15, 0.2) is 0 Å². The van der Waals surface area contributed by atoms with Gasteiger partial charge in [0.25, 0.3) is 5.91 Å². The highest BCUT2D eigenvalue weighted by molar-refractivity contribution is 7.09. The Labute approximate surface area is 66.8 Å². The topological polar surface area (TPSA) is 88.2 Å². The normalized spacial score (nSPS) is 9.64. The van der Waals surface area contributed by atoms with Crippen LogP contribution < -0.4 is 11.3 Å². The average Bonchev–Trinajstić information content (AvgIpc) is 2.50. The molecule has 0 aromatic carbocycles. The number of amides is 1. The number of thiazole rings is 1. The largest absolute Gasteiger partial charge is 0.391 e. The van der Waals surface area contributed by atoms with Crippen molar-refractivity contribution in [1.29, 1.82) is 0 Å². The monoisotopic (exact) mass is 173 g/mol. The van der Waals surface area contributed by atoms with Crippen LogP contribution in [-0.2, 0) is 6.61 Å². The highest BCUT2D eigenvalue weighted by Gasteiger charge is 2.11. The van der Waals surface area contributed by atoms with Gasteiger partial charge in [-0.2, -0.15) is 0 Å². The second kappa shape index (κ2) is 3.42. The lowest BCUT2D eigenvalue weighted by atomic mass is 10.3. The minimum Gasteiger partial charge on any atom is -0.391 e. The Kier molecular flexibility index (Phi) is 2.53. The van der Waals surface area contributed by atoms with E-state index in [0.29, 0.717) is 4.88 Å². The number of hydrogen-bond acceptors (Lipinski definition) is 5. The Balaban J connectivity index is 2.92. The van der Waals surface area contributed by atoms with Crippen LogP contribution in [0.4, 0.5) is 0 Å². The molecule has 0 spiro atoms. The molecule has 0 saturated heterocycles. The summed E-state index contributed by atoms with van der Waals surface area (Å²) >= 11 is 1.22. The molecule has 1 rings (SSSR count). The first-order valence-corrected chi connectivity index (χ1v) is 3.71. The molecule has 0 aliphatic rings. The van der Waals surface area contributed by atoms with Gasteiger partial charge in [-0.3, -0.25) is 10.2 Å². The first-order chi connectivity index (χ1) is 5.29. The van der Waals surface area contributed by atoms with E-state index < -0.39 is 5.91 Å². The molecule has 1 heterocycles. The van der Waals surface area contributed by atoms with Gasteiger partial charge in [0.1, 0.15) is 5.69 Å². The number of nitrogen functional groups attached to an aromatic ring is 1. The summed E-state index contributed by atoms with van der Waals surface area (Å²) in [7, 11) is 0. The Morgan fingerprint density at radius 2 is 2.64 bits per heavy atom. The summed E-state index contributed by atoms with van der Waals surface area (Å²) in [5.41, 5.74) is 3.61. The third-order valence-corrected chi connectivity index (χ3v) is 1.95. The second-order valence-electron chi connectivity index (χ2n) is 1.76. The number of nitrogens with one attached hydrogen (secondary N) is 1. The van der Waals surface area contributed by atoms with Crippen LogP contribution in [0.15, 0.2) is 5.51 Å². The van der Waals surface area contributed by atoms with Crippen molar-refractivity contribution in [2.75, 3.05) is 0 Å². The van der Waals surface area contributed by atoms with Crippen LogP contribution in [0.25, 0.3) is 0 Å². The first-order valence-electron chi connectivity index (χ1n) is 2.83. The van der Waals surface area contributed by atoms with Crippen molar-refractivity contribution < 1.29 is 9.90 Å². The first kappa shape index (κ1) is 8.12. The number of hydrogen-bond donors (Lipinski definition) is 3. The van der Waals surface area contributed by atoms with Crippen LogP contribution in [0.2, 0.25) is 0 Å². The number of carbonyl (C=O) groups excluding carboxylic acids is 1. The van der Waals surface area contributed by atoms with E-state index in [1.807, 2.05) is 5.43 Å².